The molecule has 122 valence electrons. The number of likely N-dealkylation sites (N-methyl/N-ethyl adjacent to an activating group) is 2. The molecule has 1 aromatic rings. The van der Waals surface area contributed by atoms with Gasteiger partial charge in [-0.25, -0.2) is 8.42 Å². The molecular weight excluding hydrogens is 300 g/mol. The Bertz CT molecular complexity index is 643. The van der Waals surface area contributed by atoms with Gasteiger partial charge < -0.3 is 4.90 Å². The Morgan fingerprint density at radius 2 is 2.00 bits per heavy atom. The number of hydrogen-bond donors (Lipinski definition) is 0. The van der Waals surface area contributed by atoms with Crippen LogP contribution in [0.1, 0.15) is 18.9 Å². The molecule has 0 aliphatic carbocycles. The summed E-state index contributed by atoms with van der Waals surface area (Å²) in [5.41, 5.74) is 1.98. The zero-order valence-electron chi connectivity index (χ0n) is 13.4. The number of nitrogens with zero attached hydrogens (tertiary/aromatic N) is 2. The van der Waals surface area contributed by atoms with Gasteiger partial charge in [0, 0.05) is 18.3 Å². The minimum atomic E-state index is -2.93. The molecule has 0 radical (unpaired) electrons. The van der Waals surface area contributed by atoms with Crippen LogP contribution in [0, 0.1) is 6.92 Å². The van der Waals surface area contributed by atoms with Crippen molar-refractivity contribution in [1.29, 1.82) is 0 Å². The Morgan fingerprint density at radius 1 is 1.32 bits per heavy atom. The number of sulfone groups is 1. The van der Waals surface area contributed by atoms with Crippen LogP contribution in [-0.2, 0) is 14.6 Å². The van der Waals surface area contributed by atoms with Crippen LogP contribution in [0.15, 0.2) is 24.3 Å². The average molecular weight is 324 g/mol. The number of aryl methyl sites for hydroxylation is 1. The van der Waals surface area contributed by atoms with E-state index in [4.69, 9.17) is 0 Å². The predicted octanol–water partition coefficient (Wildman–Crippen LogP) is 1.47. The molecular formula is C16H24N2O3S. The summed E-state index contributed by atoms with van der Waals surface area (Å²) in [7, 11) is -1.10. The summed E-state index contributed by atoms with van der Waals surface area (Å²) in [4.78, 5) is 16.2. The zero-order chi connectivity index (χ0) is 16.3. The van der Waals surface area contributed by atoms with Crippen molar-refractivity contribution < 1.29 is 13.2 Å². The van der Waals surface area contributed by atoms with E-state index in [0.717, 1.165) is 11.3 Å². The Balaban J connectivity index is 2.05. The van der Waals surface area contributed by atoms with Crippen molar-refractivity contribution in [2.24, 2.45) is 0 Å². The quantitative estimate of drug-likeness (QED) is 0.823. The number of carbonyl (C=O) groups excluding carboxylic acids is 1. The Labute approximate surface area is 132 Å². The van der Waals surface area contributed by atoms with Gasteiger partial charge in [-0.05, 0) is 38.9 Å². The molecule has 1 fully saturated rings. The van der Waals surface area contributed by atoms with E-state index in [1.54, 1.807) is 4.90 Å². The molecule has 0 bridgehead atoms. The van der Waals surface area contributed by atoms with Crippen molar-refractivity contribution in [2.75, 3.05) is 36.5 Å². The van der Waals surface area contributed by atoms with Gasteiger partial charge in [0.15, 0.2) is 9.84 Å². The zero-order valence-corrected chi connectivity index (χ0v) is 14.3. The first-order chi connectivity index (χ1) is 10.3. The first kappa shape index (κ1) is 17.0. The van der Waals surface area contributed by atoms with E-state index in [1.807, 2.05) is 50.1 Å². The summed E-state index contributed by atoms with van der Waals surface area (Å²) in [6.07, 6.45) is 0.614. The number of para-hydroxylation sites is 1. The number of rotatable bonds is 5. The minimum absolute atomic E-state index is 0.00333. The summed E-state index contributed by atoms with van der Waals surface area (Å²) in [5.74, 6) is 0.391. The van der Waals surface area contributed by atoms with Crippen molar-refractivity contribution in [3.63, 3.8) is 0 Å². The summed E-state index contributed by atoms with van der Waals surface area (Å²) in [6, 6.07) is 7.75. The maximum Gasteiger partial charge on any atom is 0.241 e. The van der Waals surface area contributed by atoms with Crippen molar-refractivity contribution >= 4 is 21.4 Å². The lowest BCUT2D eigenvalue weighted by molar-refractivity contribution is -0.119. The monoisotopic (exact) mass is 324 g/mol. The molecule has 0 saturated carbocycles. The molecule has 5 nitrogen and oxygen atoms in total. The van der Waals surface area contributed by atoms with Crippen LogP contribution < -0.4 is 4.90 Å². The smallest absolute Gasteiger partial charge is 0.241 e. The predicted molar refractivity (Wildman–Crippen MR) is 88.9 cm³/mol. The molecule has 1 saturated heterocycles. The summed E-state index contributed by atoms with van der Waals surface area (Å²) in [6.45, 7) is 4.77. The van der Waals surface area contributed by atoms with Gasteiger partial charge in [-0.2, -0.15) is 0 Å². The molecule has 1 atom stereocenters. The highest BCUT2D eigenvalue weighted by Gasteiger charge is 2.32. The molecule has 1 aliphatic rings. The van der Waals surface area contributed by atoms with Gasteiger partial charge in [-0.15, -0.1) is 0 Å². The van der Waals surface area contributed by atoms with Crippen molar-refractivity contribution in [1.82, 2.24) is 4.90 Å². The lowest BCUT2D eigenvalue weighted by Crippen LogP contribution is -2.43. The molecule has 22 heavy (non-hydrogen) atoms. The number of hydrogen-bond acceptors (Lipinski definition) is 4. The average Bonchev–Trinajstić information content (AvgIpc) is 2.82. The van der Waals surface area contributed by atoms with Crippen LogP contribution in [0.25, 0.3) is 0 Å². The van der Waals surface area contributed by atoms with E-state index in [1.165, 1.54) is 0 Å². The molecule has 6 heteroatoms. The van der Waals surface area contributed by atoms with Crippen molar-refractivity contribution in [3.8, 4) is 0 Å². The third-order valence-electron chi connectivity index (χ3n) is 4.24. The molecule has 0 spiro atoms. The highest BCUT2D eigenvalue weighted by Crippen LogP contribution is 2.21. The van der Waals surface area contributed by atoms with Crippen LogP contribution in [-0.4, -0.2) is 56.9 Å². The molecule has 1 unspecified atom stereocenters. The van der Waals surface area contributed by atoms with Crippen molar-refractivity contribution in [3.05, 3.63) is 29.8 Å². The van der Waals surface area contributed by atoms with Crippen LogP contribution in [0.5, 0.6) is 0 Å². The summed E-state index contributed by atoms with van der Waals surface area (Å²) >= 11 is 0. The second kappa shape index (κ2) is 6.79. The first-order valence-electron chi connectivity index (χ1n) is 7.60. The van der Waals surface area contributed by atoms with Gasteiger partial charge in [-0.3, -0.25) is 9.69 Å². The van der Waals surface area contributed by atoms with Gasteiger partial charge in [0.1, 0.15) is 0 Å². The van der Waals surface area contributed by atoms with E-state index in [2.05, 4.69) is 0 Å². The molecule has 1 aliphatic heterocycles. The minimum Gasteiger partial charge on any atom is -0.311 e. The number of carbonyl (C=O) groups is 1. The van der Waals surface area contributed by atoms with Crippen LogP contribution in [0.3, 0.4) is 0 Å². The van der Waals surface area contributed by atoms with E-state index in [9.17, 15) is 13.2 Å². The lowest BCUT2D eigenvalue weighted by atomic mass is 10.1. The Kier molecular flexibility index (Phi) is 5.24. The highest BCUT2D eigenvalue weighted by atomic mass is 32.2. The molecule has 0 aromatic heterocycles. The molecule has 0 N–H and O–H groups in total. The van der Waals surface area contributed by atoms with Crippen LogP contribution in [0.2, 0.25) is 0 Å². The SMILES string of the molecule is CCN(C(=O)CN(C)C1CCS(=O)(=O)C1)c1ccccc1C. The van der Waals surface area contributed by atoms with Crippen LogP contribution in [0.4, 0.5) is 5.69 Å². The fraction of sp³-hybridized carbons (Fsp3) is 0.562. The van der Waals surface area contributed by atoms with Gasteiger partial charge in [0.25, 0.3) is 0 Å². The van der Waals surface area contributed by atoms with Gasteiger partial charge in [0.05, 0.1) is 18.1 Å². The van der Waals surface area contributed by atoms with Gasteiger partial charge >= 0.3 is 0 Å². The third kappa shape index (κ3) is 3.87. The van der Waals surface area contributed by atoms with E-state index in [-0.39, 0.29) is 30.0 Å². The fourth-order valence-corrected chi connectivity index (χ4v) is 4.70. The molecule has 1 heterocycles. The second-order valence-corrected chi connectivity index (χ2v) is 8.13. The van der Waals surface area contributed by atoms with Crippen LogP contribution >= 0.6 is 0 Å². The molecule has 1 amide bonds. The summed E-state index contributed by atoms with van der Waals surface area (Å²) < 4.78 is 23.1. The Morgan fingerprint density at radius 3 is 2.55 bits per heavy atom. The maximum absolute atomic E-state index is 12.6. The van der Waals surface area contributed by atoms with E-state index < -0.39 is 9.84 Å². The third-order valence-corrected chi connectivity index (χ3v) is 5.99. The molecule has 2 rings (SSSR count). The topological polar surface area (TPSA) is 57.7 Å². The summed E-state index contributed by atoms with van der Waals surface area (Å²) in [5, 5.41) is 0. The number of benzene rings is 1. The second-order valence-electron chi connectivity index (χ2n) is 5.90. The fourth-order valence-electron chi connectivity index (χ4n) is 2.90. The van der Waals surface area contributed by atoms with E-state index in [0.29, 0.717) is 13.0 Å². The van der Waals surface area contributed by atoms with E-state index >= 15 is 0 Å². The standard InChI is InChI=1S/C16H24N2O3S/c1-4-18(15-8-6-5-7-13(15)2)16(19)11-17(3)14-9-10-22(20,21)12-14/h5-8,14H,4,9-12H2,1-3H3. The van der Waals surface area contributed by atoms with Gasteiger partial charge in [-0.1, -0.05) is 18.2 Å². The van der Waals surface area contributed by atoms with Gasteiger partial charge in [0.2, 0.25) is 5.91 Å². The lowest BCUT2D eigenvalue weighted by Gasteiger charge is -2.28. The number of anilines is 1. The molecule has 1 aromatic carbocycles. The highest BCUT2D eigenvalue weighted by molar-refractivity contribution is 7.91. The normalized spacial score (nSPS) is 20.3. The first-order valence-corrected chi connectivity index (χ1v) is 9.43. The largest absolute Gasteiger partial charge is 0.311 e. The maximum atomic E-state index is 12.6. The van der Waals surface area contributed by atoms with Crippen molar-refractivity contribution in [2.45, 2.75) is 26.3 Å². The Hall–Kier alpha value is -1.40. The number of amides is 1.